The summed E-state index contributed by atoms with van der Waals surface area (Å²) in [5.74, 6) is -1.05. The highest BCUT2D eigenvalue weighted by molar-refractivity contribution is 5.88. The molecule has 0 saturated heterocycles. The van der Waals surface area contributed by atoms with Crippen molar-refractivity contribution in [3.63, 3.8) is 0 Å². The molecule has 0 radical (unpaired) electrons. The molecule has 0 unspecified atom stereocenters. The van der Waals surface area contributed by atoms with Crippen LogP contribution in [-0.2, 0) is 0 Å². The summed E-state index contributed by atoms with van der Waals surface area (Å²) in [4.78, 5) is 20.9. The number of aromatic carboxylic acids is 1. The van der Waals surface area contributed by atoms with Gasteiger partial charge < -0.3 is 9.84 Å². The maximum Gasteiger partial charge on any atom is 0.335 e. The smallest absolute Gasteiger partial charge is 0.335 e. The van der Waals surface area contributed by atoms with Gasteiger partial charge in [-0.25, -0.2) is 4.79 Å². The Hall–Kier alpha value is -2.11. The number of carboxylic acid groups (broad SMARTS) is 1. The molecule has 1 saturated carbocycles. The van der Waals surface area contributed by atoms with E-state index in [1.165, 1.54) is 12.1 Å². The standard InChI is InChI=1S/C11H11NO5/c13-11(14)7-4-5-10(9(6-7)12(15)16)17-8-2-1-3-8/h4-6,8H,1-3H2,(H,13,14). The van der Waals surface area contributed by atoms with Gasteiger partial charge >= 0.3 is 11.7 Å². The quantitative estimate of drug-likeness (QED) is 0.640. The molecule has 0 heterocycles. The lowest BCUT2D eigenvalue weighted by molar-refractivity contribution is -0.386. The molecule has 1 N–H and O–H groups in total. The molecule has 90 valence electrons. The van der Waals surface area contributed by atoms with Crippen molar-refractivity contribution in [1.82, 2.24) is 0 Å². The van der Waals surface area contributed by atoms with E-state index in [0.29, 0.717) is 0 Å². The van der Waals surface area contributed by atoms with E-state index in [-0.39, 0.29) is 23.1 Å². The van der Waals surface area contributed by atoms with Crippen LogP contribution in [0, 0.1) is 10.1 Å². The van der Waals surface area contributed by atoms with Crippen molar-refractivity contribution in [2.24, 2.45) is 0 Å². The van der Waals surface area contributed by atoms with Gasteiger partial charge in [-0.15, -0.1) is 0 Å². The van der Waals surface area contributed by atoms with Crippen molar-refractivity contribution < 1.29 is 19.6 Å². The number of hydrogen-bond acceptors (Lipinski definition) is 4. The summed E-state index contributed by atoms with van der Waals surface area (Å²) in [5.41, 5.74) is -0.408. The fourth-order valence-electron chi connectivity index (χ4n) is 1.56. The van der Waals surface area contributed by atoms with E-state index in [0.717, 1.165) is 25.3 Å². The fraction of sp³-hybridized carbons (Fsp3) is 0.364. The first-order valence-corrected chi connectivity index (χ1v) is 5.26. The molecule has 0 spiro atoms. The summed E-state index contributed by atoms with van der Waals surface area (Å²) in [6.07, 6.45) is 2.85. The molecular formula is C11H11NO5. The lowest BCUT2D eigenvalue weighted by Crippen LogP contribution is -2.24. The number of nitro groups is 1. The number of hydrogen-bond donors (Lipinski definition) is 1. The molecule has 1 aromatic carbocycles. The average Bonchev–Trinajstić information content (AvgIpc) is 2.23. The molecule has 0 bridgehead atoms. The molecule has 1 aliphatic rings. The summed E-state index contributed by atoms with van der Waals surface area (Å²) < 4.78 is 5.44. The van der Waals surface area contributed by atoms with Crippen LogP contribution in [0.5, 0.6) is 5.75 Å². The predicted octanol–water partition coefficient (Wildman–Crippen LogP) is 2.22. The monoisotopic (exact) mass is 237 g/mol. The van der Waals surface area contributed by atoms with Gasteiger partial charge in [0.25, 0.3) is 0 Å². The van der Waals surface area contributed by atoms with Crippen LogP contribution in [0.3, 0.4) is 0 Å². The second kappa shape index (κ2) is 4.40. The van der Waals surface area contributed by atoms with E-state index in [2.05, 4.69) is 0 Å². The number of ether oxygens (including phenoxy) is 1. The average molecular weight is 237 g/mol. The zero-order valence-electron chi connectivity index (χ0n) is 8.96. The number of carbonyl (C=O) groups is 1. The molecule has 1 aliphatic carbocycles. The third-order valence-corrected chi connectivity index (χ3v) is 2.75. The molecule has 6 heteroatoms. The normalized spacial score (nSPS) is 15.1. The first kappa shape index (κ1) is 11.4. The van der Waals surface area contributed by atoms with Gasteiger partial charge in [0.05, 0.1) is 16.6 Å². The Bertz CT molecular complexity index is 467. The first-order valence-electron chi connectivity index (χ1n) is 5.26. The van der Waals surface area contributed by atoms with Gasteiger partial charge in [0.15, 0.2) is 5.75 Å². The zero-order chi connectivity index (χ0) is 12.4. The Kier molecular flexibility index (Phi) is 2.95. The van der Waals surface area contributed by atoms with Crippen LogP contribution in [0.15, 0.2) is 18.2 Å². The Labute approximate surface area is 97.0 Å². The molecule has 0 amide bonds. The SMILES string of the molecule is O=C(O)c1ccc(OC2CCC2)c([N+](=O)[O-])c1. The Morgan fingerprint density at radius 2 is 2.18 bits per heavy atom. The minimum absolute atomic E-state index is 0.0179. The van der Waals surface area contributed by atoms with Crippen LogP contribution in [-0.4, -0.2) is 22.1 Å². The van der Waals surface area contributed by atoms with Crippen LogP contribution in [0.4, 0.5) is 5.69 Å². The summed E-state index contributed by atoms with van der Waals surface area (Å²) in [6.45, 7) is 0. The van der Waals surface area contributed by atoms with Crippen LogP contribution in [0.2, 0.25) is 0 Å². The molecule has 17 heavy (non-hydrogen) atoms. The highest BCUT2D eigenvalue weighted by Gasteiger charge is 2.24. The highest BCUT2D eigenvalue weighted by atomic mass is 16.6. The van der Waals surface area contributed by atoms with Gasteiger partial charge in [0.1, 0.15) is 0 Å². The van der Waals surface area contributed by atoms with E-state index < -0.39 is 10.9 Å². The maximum atomic E-state index is 10.8. The Balaban J connectivity index is 2.30. The minimum atomic E-state index is -1.19. The second-order valence-electron chi connectivity index (χ2n) is 3.92. The van der Waals surface area contributed by atoms with E-state index in [9.17, 15) is 14.9 Å². The summed E-state index contributed by atoms with van der Waals surface area (Å²) >= 11 is 0. The van der Waals surface area contributed by atoms with Crippen molar-refractivity contribution >= 4 is 11.7 Å². The van der Waals surface area contributed by atoms with Gasteiger partial charge in [-0.2, -0.15) is 0 Å². The van der Waals surface area contributed by atoms with Gasteiger partial charge in [-0.05, 0) is 31.4 Å². The Morgan fingerprint density at radius 1 is 1.47 bits per heavy atom. The van der Waals surface area contributed by atoms with Crippen molar-refractivity contribution in [3.05, 3.63) is 33.9 Å². The molecule has 0 aromatic heterocycles. The van der Waals surface area contributed by atoms with E-state index in [1.807, 2.05) is 0 Å². The molecule has 0 aliphatic heterocycles. The topological polar surface area (TPSA) is 89.7 Å². The largest absolute Gasteiger partial charge is 0.484 e. The van der Waals surface area contributed by atoms with Crippen LogP contribution in [0.1, 0.15) is 29.6 Å². The van der Waals surface area contributed by atoms with Crippen LogP contribution < -0.4 is 4.74 Å². The third kappa shape index (κ3) is 2.35. The number of nitrogens with zero attached hydrogens (tertiary/aromatic N) is 1. The van der Waals surface area contributed by atoms with E-state index >= 15 is 0 Å². The highest BCUT2D eigenvalue weighted by Crippen LogP contribution is 2.32. The minimum Gasteiger partial charge on any atom is -0.484 e. The van der Waals surface area contributed by atoms with Gasteiger partial charge in [-0.1, -0.05) is 0 Å². The van der Waals surface area contributed by atoms with Crippen molar-refractivity contribution in [2.45, 2.75) is 25.4 Å². The lowest BCUT2D eigenvalue weighted by atomic mass is 9.96. The number of rotatable bonds is 4. The summed E-state index contributed by atoms with van der Waals surface area (Å²) in [7, 11) is 0. The van der Waals surface area contributed by atoms with E-state index in [4.69, 9.17) is 9.84 Å². The summed E-state index contributed by atoms with van der Waals surface area (Å²) in [5, 5.41) is 19.6. The van der Waals surface area contributed by atoms with Gasteiger partial charge in [-0.3, -0.25) is 10.1 Å². The maximum absolute atomic E-state index is 10.8. The van der Waals surface area contributed by atoms with Crippen molar-refractivity contribution in [2.75, 3.05) is 0 Å². The molecular weight excluding hydrogens is 226 g/mol. The molecule has 1 fully saturated rings. The fourth-order valence-corrected chi connectivity index (χ4v) is 1.56. The van der Waals surface area contributed by atoms with Crippen molar-refractivity contribution in [1.29, 1.82) is 0 Å². The van der Waals surface area contributed by atoms with E-state index in [1.54, 1.807) is 0 Å². The zero-order valence-corrected chi connectivity index (χ0v) is 8.96. The van der Waals surface area contributed by atoms with Crippen molar-refractivity contribution in [3.8, 4) is 5.75 Å². The van der Waals surface area contributed by atoms with Gasteiger partial charge in [0, 0.05) is 6.07 Å². The second-order valence-corrected chi connectivity index (χ2v) is 3.92. The van der Waals surface area contributed by atoms with Crippen LogP contribution >= 0.6 is 0 Å². The number of nitro benzene ring substituents is 1. The van der Waals surface area contributed by atoms with Crippen LogP contribution in [0.25, 0.3) is 0 Å². The summed E-state index contributed by atoms with van der Waals surface area (Å²) in [6, 6.07) is 3.68. The molecule has 1 aromatic rings. The Morgan fingerprint density at radius 3 is 2.65 bits per heavy atom. The molecule has 2 rings (SSSR count). The first-order chi connectivity index (χ1) is 8.08. The number of benzene rings is 1. The molecule has 6 nitrogen and oxygen atoms in total. The number of carboxylic acids is 1. The van der Waals surface area contributed by atoms with Gasteiger partial charge in [0.2, 0.25) is 0 Å². The lowest BCUT2D eigenvalue weighted by Gasteiger charge is -2.26. The molecule has 0 atom stereocenters. The predicted molar refractivity (Wildman–Crippen MR) is 58.3 cm³/mol. The third-order valence-electron chi connectivity index (χ3n) is 2.75.